The van der Waals surface area contributed by atoms with Crippen molar-refractivity contribution in [3.05, 3.63) is 78.4 Å². The van der Waals surface area contributed by atoms with Gasteiger partial charge in [0.2, 0.25) is 10.0 Å². The maximum atomic E-state index is 12.7. The van der Waals surface area contributed by atoms with E-state index in [2.05, 4.69) is 11.3 Å². The number of hydrogen-bond donors (Lipinski definition) is 2. The van der Waals surface area contributed by atoms with Crippen LogP contribution in [0.5, 0.6) is 0 Å². The molecule has 0 saturated carbocycles. The van der Waals surface area contributed by atoms with E-state index in [1.54, 1.807) is 37.3 Å². The molecule has 2 N–H and O–H groups in total. The van der Waals surface area contributed by atoms with Crippen LogP contribution >= 0.6 is 0 Å². The Kier molecular flexibility index (Phi) is 6.16. The molecule has 0 heterocycles. The summed E-state index contributed by atoms with van der Waals surface area (Å²) < 4.78 is 28.2. The summed E-state index contributed by atoms with van der Waals surface area (Å²) in [4.78, 5) is 0.186. The molecule has 25 heavy (non-hydrogen) atoms. The molecule has 5 heteroatoms. The van der Waals surface area contributed by atoms with Crippen LogP contribution < -0.4 is 4.72 Å². The first kappa shape index (κ1) is 19.4. The highest BCUT2D eigenvalue weighted by Gasteiger charge is 2.34. The molecule has 134 valence electrons. The van der Waals surface area contributed by atoms with Crippen LogP contribution in [0, 0.1) is 6.92 Å². The Labute approximate surface area is 150 Å². The average molecular weight is 359 g/mol. The Balaban J connectivity index is 2.31. The summed E-state index contributed by atoms with van der Waals surface area (Å²) in [5.41, 5.74) is 0.678. The third kappa shape index (κ3) is 5.26. The second-order valence-corrected chi connectivity index (χ2v) is 8.24. The molecule has 4 nitrogen and oxygen atoms in total. The number of benzene rings is 2. The van der Waals surface area contributed by atoms with Crippen LogP contribution in [-0.4, -0.2) is 25.2 Å². The molecular weight excluding hydrogens is 334 g/mol. The van der Waals surface area contributed by atoms with E-state index in [1.165, 1.54) is 0 Å². The van der Waals surface area contributed by atoms with Crippen LogP contribution in [0.3, 0.4) is 0 Å². The molecule has 0 saturated heterocycles. The van der Waals surface area contributed by atoms with Crippen LogP contribution in [0.2, 0.25) is 0 Å². The van der Waals surface area contributed by atoms with Crippen molar-refractivity contribution in [3.63, 3.8) is 0 Å². The van der Waals surface area contributed by atoms with Crippen molar-refractivity contribution in [1.29, 1.82) is 0 Å². The molecule has 0 radical (unpaired) electrons. The largest absolute Gasteiger partial charge is 0.388 e. The summed E-state index contributed by atoms with van der Waals surface area (Å²) in [5, 5.41) is 10.8. The SMILES string of the molecule is C=CC[C@@](C)(O)[C@@H](Cc1ccccc1)NS(=O)(=O)c1ccc(C)cc1. The fourth-order valence-electron chi connectivity index (χ4n) is 2.65. The maximum absolute atomic E-state index is 12.7. The molecule has 2 atom stereocenters. The summed E-state index contributed by atoms with van der Waals surface area (Å²) in [6.45, 7) is 7.19. The monoisotopic (exact) mass is 359 g/mol. The molecule has 0 spiro atoms. The van der Waals surface area contributed by atoms with Gasteiger partial charge in [-0.15, -0.1) is 6.58 Å². The fraction of sp³-hybridized carbons (Fsp3) is 0.300. The number of aryl methyl sites for hydroxylation is 1. The molecule has 0 aliphatic carbocycles. The van der Waals surface area contributed by atoms with E-state index in [-0.39, 0.29) is 11.3 Å². The highest BCUT2D eigenvalue weighted by molar-refractivity contribution is 7.89. The van der Waals surface area contributed by atoms with Crippen molar-refractivity contribution in [2.75, 3.05) is 0 Å². The zero-order valence-electron chi connectivity index (χ0n) is 14.6. The van der Waals surface area contributed by atoms with E-state index >= 15 is 0 Å². The first-order valence-corrected chi connectivity index (χ1v) is 9.69. The summed E-state index contributed by atoms with van der Waals surface area (Å²) in [7, 11) is -3.74. The Hall–Kier alpha value is -1.95. The van der Waals surface area contributed by atoms with Gasteiger partial charge >= 0.3 is 0 Å². The topological polar surface area (TPSA) is 66.4 Å². The molecule has 0 aliphatic heterocycles. The smallest absolute Gasteiger partial charge is 0.240 e. The Morgan fingerprint density at radius 1 is 1.16 bits per heavy atom. The van der Waals surface area contributed by atoms with Gasteiger partial charge in [0.15, 0.2) is 0 Å². The fourth-order valence-corrected chi connectivity index (χ4v) is 3.99. The predicted molar refractivity (Wildman–Crippen MR) is 101 cm³/mol. The van der Waals surface area contributed by atoms with E-state index in [1.807, 2.05) is 37.3 Å². The van der Waals surface area contributed by atoms with E-state index < -0.39 is 21.7 Å². The molecule has 0 unspecified atom stereocenters. The molecular formula is C20H25NO3S. The molecule has 2 aromatic rings. The minimum absolute atomic E-state index is 0.186. The van der Waals surface area contributed by atoms with Gasteiger partial charge in [0, 0.05) is 0 Å². The second kappa shape index (κ2) is 7.95. The van der Waals surface area contributed by atoms with Crippen LogP contribution in [0.4, 0.5) is 0 Å². The third-order valence-corrected chi connectivity index (χ3v) is 5.71. The number of aliphatic hydroxyl groups is 1. The molecule has 2 aromatic carbocycles. The van der Waals surface area contributed by atoms with Crippen molar-refractivity contribution < 1.29 is 13.5 Å². The number of nitrogens with one attached hydrogen (secondary N) is 1. The van der Waals surface area contributed by atoms with Crippen molar-refractivity contribution in [3.8, 4) is 0 Å². The Morgan fingerprint density at radius 3 is 2.32 bits per heavy atom. The molecule has 0 bridgehead atoms. The Morgan fingerprint density at radius 2 is 1.76 bits per heavy atom. The van der Waals surface area contributed by atoms with E-state index in [9.17, 15) is 13.5 Å². The zero-order chi connectivity index (χ0) is 18.5. The maximum Gasteiger partial charge on any atom is 0.240 e. The van der Waals surface area contributed by atoms with Crippen molar-refractivity contribution >= 4 is 10.0 Å². The quantitative estimate of drug-likeness (QED) is 0.711. The molecule has 0 fully saturated rings. The standard InChI is InChI=1S/C20H25NO3S/c1-4-14-20(3,22)19(15-17-8-6-5-7-9-17)21-25(23,24)18-12-10-16(2)11-13-18/h4-13,19,21-22H,1,14-15H2,2-3H3/t19-,20-/m1/s1. The molecule has 0 amide bonds. The molecule has 0 aliphatic rings. The van der Waals surface area contributed by atoms with Crippen LogP contribution in [-0.2, 0) is 16.4 Å². The van der Waals surface area contributed by atoms with Gasteiger partial charge in [-0.05, 0) is 44.4 Å². The minimum atomic E-state index is -3.74. The normalized spacial score (nSPS) is 15.3. The predicted octanol–water partition coefficient (Wildman–Crippen LogP) is 3.21. The lowest BCUT2D eigenvalue weighted by Gasteiger charge is -2.33. The lowest BCUT2D eigenvalue weighted by Crippen LogP contribution is -2.52. The van der Waals surface area contributed by atoms with Gasteiger partial charge < -0.3 is 5.11 Å². The van der Waals surface area contributed by atoms with Gasteiger partial charge in [-0.3, -0.25) is 0 Å². The summed E-state index contributed by atoms with van der Waals surface area (Å²) >= 11 is 0. The van der Waals surface area contributed by atoms with Gasteiger partial charge in [-0.25, -0.2) is 13.1 Å². The minimum Gasteiger partial charge on any atom is -0.388 e. The Bertz CT molecular complexity index is 797. The molecule has 0 aromatic heterocycles. The van der Waals surface area contributed by atoms with E-state index in [0.29, 0.717) is 6.42 Å². The van der Waals surface area contributed by atoms with E-state index in [4.69, 9.17) is 0 Å². The lowest BCUT2D eigenvalue weighted by atomic mass is 9.89. The van der Waals surface area contributed by atoms with Gasteiger partial charge in [-0.1, -0.05) is 54.1 Å². The van der Waals surface area contributed by atoms with Crippen LogP contribution in [0.25, 0.3) is 0 Å². The zero-order valence-corrected chi connectivity index (χ0v) is 15.5. The van der Waals surface area contributed by atoms with Crippen molar-refractivity contribution in [2.24, 2.45) is 0 Å². The van der Waals surface area contributed by atoms with E-state index in [0.717, 1.165) is 11.1 Å². The first-order valence-electron chi connectivity index (χ1n) is 8.21. The summed E-state index contributed by atoms with van der Waals surface area (Å²) in [5.74, 6) is 0. The summed E-state index contributed by atoms with van der Waals surface area (Å²) in [6.07, 6.45) is 2.26. The first-order chi connectivity index (χ1) is 11.7. The number of sulfonamides is 1. The van der Waals surface area contributed by atoms with Crippen molar-refractivity contribution in [2.45, 2.75) is 43.2 Å². The van der Waals surface area contributed by atoms with Crippen molar-refractivity contribution in [1.82, 2.24) is 4.72 Å². The summed E-state index contributed by atoms with van der Waals surface area (Å²) in [6, 6.07) is 15.5. The highest BCUT2D eigenvalue weighted by Crippen LogP contribution is 2.22. The van der Waals surface area contributed by atoms with Crippen LogP contribution in [0.1, 0.15) is 24.5 Å². The number of rotatable bonds is 8. The van der Waals surface area contributed by atoms with Gasteiger partial charge in [-0.2, -0.15) is 0 Å². The average Bonchev–Trinajstić information content (AvgIpc) is 2.55. The van der Waals surface area contributed by atoms with Gasteiger partial charge in [0.05, 0.1) is 16.5 Å². The lowest BCUT2D eigenvalue weighted by molar-refractivity contribution is 0.0300. The van der Waals surface area contributed by atoms with Gasteiger partial charge in [0.25, 0.3) is 0 Å². The van der Waals surface area contributed by atoms with Crippen LogP contribution in [0.15, 0.2) is 72.1 Å². The number of hydrogen-bond acceptors (Lipinski definition) is 3. The second-order valence-electron chi connectivity index (χ2n) is 6.53. The third-order valence-electron chi connectivity index (χ3n) is 4.22. The van der Waals surface area contributed by atoms with Gasteiger partial charge in [0.1, 0.15) is 0 Å². The highest BCUT2D eigenvalue weighted by atomic mass is 32.2. The molecule has 2 rings (SSSR count).